The lowest BCUT2D eigenvalue weighted by Gasteiger charge is -2.31. The fraction of sp³-hybridized carbons (Fsp3) is 0.167. The second kappa shape index (κ2) is 11.4. The number of halogens is 12. The van der Waals surface area contributed by atoms with Crippen molar-refractivity contribution in [1.82, 2.24) is 0 Å². The van der Waals surface area contributed by atoms with Gasteiger partial charge in [0.15, 0.2) is 11.6 Å². The van der Waals surface area contributed by atoms with Gasteiger partial charge in [-0.05, 0) is 48.5 Å². The van der Waals surface area contributed by atoms with E-state index in [1.54, 1.807) is 5.32 Å². The van der Waals surface area contributed by atoms with Crippen LogP contribution in [-0.4, -0.2) is 30.8 Å². The SMILES string of the molecule is O=C(Nc1cccc(C(=O)Nc2c(Cl)cc(C(F)(C(F)(F)F)C(F)(F)F)cc2OC(F)F)c1F)c1ccc(F)cc1. The molecule has 0 radical (unpaired) electrons. The Morgan fingerprint density at radius 2 is 1.39 bits per heavy atom. The Morgan fingerprint density at radius 1 is 0.805 bits per heavy atom. The van der Waals surface area contributed by atoms with Crippen LogP contribution in [0.2, 0.25) is 5.02 Å². The number of amides is 2. The summed E-state index contributed by atoms with van der Waals surface area (Å²) in [5, 5.41) is 2.48. The van der Waals surface area contributed by atoms with Crippen LogP contribution < -0.4 is 15.4 Å². The third-order valence-corrected chi connectivity index (χ3v) is 5.58. The smallest absolute Gasteiger partial charge is 0.433 e. The van der Waals surface area contributed by atoms with Crippen LogP contribution in [-0.2, 0) is 5.67 Å². The number of hydrogen-bond acceptors (Lipinski definition) is 3. The molecular formula is C24H12ClF11N2O3. The van der Waals surface area contributed by atoms with Gasteiger partial charge in [-0.1, -0.05) is 17.7 Å². The summed E-state index contributed by atoms with van der Waals surface area (Å²) in [5.41, 5.74) is -11.2. The number of ether oxygens (including phenoxy) is 1. The Hall–Kier alpha value is -4.08. The Labute approximate surface area is 226 Å². The van der Waals surface area contributed by atoms with Gasteiger partial charge in [0.2, 0.25) is 0 Å². The summed E-state index contributed by atoms with van der Waals surface area (Å²) in [6.07, 6.45) is -13.3. The summed E-state index contributed by atoms with van der Waals surface area (Å²) in [6, 6.07) is 6.15. The van der Waals surface area contributed by atoms with Crippen molar-refractivity contribution in [2.45, 2.75) is 24.6 Å². The third kappa shape index (κ3) is 6.47. The molecule has 3 aromatic carbocycles. The van der Waals surface area contributed by atoms with Crippen molar-refractivity contribution in [3.05, 3.63) is 87.9 Å². The summed E-state index contributed by atoms with van der Waals surface area (Å²) >= 11 is 5.66. The first-order valence-electron chi connectivity index (χ1n) is 10.6. The molecule has 0 saturated carbocycles. The molecule has 0 heterocycles. The highest BCUT2D eigenvalue weighted by Gasteiger charge is 2.73. The number of carbonyl (C=O) groups is 2. The minimum Gasteiger partial charge on any atom is -0.433 e. The Bertz CT molecular complexity index is 1440. The van der Waals surface area contributed by atoms with E-state index in [1.165, 1.54) is 0 Å². The average Bonchev–Trinajstić information content (AvgIpc) is 2.85. The van der Waals surface area contributed by atoms with E-state index in [-0.39, 0.29) is 11.6 Å². The van der Waals surface area contributed by atoms with Gasteiger partial charge >= 0.3 is 24.6 Å². The number of benzene rings is 3. The van der Waals surface area contributed by atoms with Crippen LogP contribution in [0.5, 0.6) is 5.75 Å². The van der Waals surface area contributed by atoms with Crippen LogP contribution in [0.3, 0.4) is 0 Å². The molecule has 0 aliphatic rings. The summed E-state index contributed by atoms with van der Waals surface area (Å²) in [7, 11) is 0. The van der Waals surface area contributed by atoms with Gasteiger partial charge in [-0.25, -0.2) is 13.2 Å². The first kappa shape index (κ1) is 31.4. The van der Waals surface area contributed by atoms with Gasteiger partial charge in [-0.2, -0.15) is 35.1 Å². The van der Waals surface area contributed by atoms with Gasteiger partial charge in [0, 0.05) is 11.1 Å². The van der Waals surface area contributed by atoms with E-state index in [4.69, 9.17) is 11.6 Å². The van der Waals surface area contributed by atoms with Gasteiger partial charge in [0.1, 0.15) is 11.5 Å². The van der Waals surface area contributed by atoms with Crippen LogP contribution in [0.4, 0.5) is 59.7 Å². The van der Waals surface area contributed by atoms with E-state index >= 15 is 4.39 Å². The molecule has 0 aliphatic carbocycles. The van der Waals surface area contributed by atoms with Gasteiger partial charge in [0.05, 0.1) is 16.3 Å². The average molecular weight is 621 g/mol. The summed E-state index contributed by atoms with van der Waals surface area (Å²) < 4.78 is 151. The van der Waals surface area contributed by atoms with Gasteiger partial charge < -0.3 is 15.4 Å². The van der Waals surface area contributed by atoms with Gasteiger partial charge in [-0.3, -0.25) is 9.59 Å². The summed E-state index contributed by atoms with van der Waals surface area (Å²) in [5.74, 6) is -6.22. The number of rotatable bonds is 7. The quantitative estimate of drug-likeness (QED) is 0.263. The molecule has 0 fully saturated rings. The maximum atomic E-state index is 15.0. The van der Waals surface area contributed by atoms with Crippen LogP contribution in [0.1, 0.15) is 26.3 Å². The van der Waals surface area contributed by atoms with Crippen molar-refractivity contribution >= 4 is 34.8 Å². The molecule has 3 aromatic rings. The summed E-state index contributed by atoms with van der Waals surface area (Å²) in [6.45, 7) is -3.91. The first-order valence-corrected chi connectivity index (χ1v) is 11.0. The topological polar surface area (TPSA) is 67.4 Å². The fourth-order valence-electron chi connectivity index (χ4n) is 3.36. The largest absolute Gasteiger partial charge is 0.435 e. The fourth-order valence-corrected chi connectivity index (χ4v) is 3.62. The van der Waals surface area contributed by atoms with Crippen molar-refractivity contribution in [1.29, 1.82) is 0 Å². The predicted molar refractivity (Wildman–Crippen MR) is 122 cm³/mol. The number of carbonyl (C=O) groups excluding carboxylic acids is 2. The highest BCUT2D eigenvalue weighted by atomic mass is 35.5. The molecule has 2 amide bonds. The Kier molecular flexibility index (Phi) is 8.76. The molecule has 17 heteroatoms. The Morgan fingerprint density at radius 3 is 1.93 bits per heavy atom. The third-order valence-electron chi connectivity index (χ3n) is 5.29. The highest BCUT2D eigenvalue weighted by Crippen LogP contribution is 2.55. The van der Waals surface area contributed by atoms with E-state index in [0.29, 0.717) is 0 Å². The molecule has 41 heavy (non-hydrogen) atoms. The molecule has 0 spiro atoms. The van der Waals surface area contributed by atoms with E-state index in [0.717, 1.165) is 42.5 Å². The minimum atomic E-state index is -6.64. The molecule has 0 aliphatic heterocycles. The monoisotopic (exact) mass is 620 g/mol. The zero-order chi connectivity index (χ0) is 30.9. The molecule has 5 nitrogen and oxygen atoms in total. The number of nitrogens with one attached hydrogen (secondary N) is 2. The normalized spacial score (nSPS) is 12.3. The number of hydrogen-bond donors (Lipinski definition) is 2. The van der Waals surface area contributed by atoms with Crippen molar-refractivity contribution in [2.24, 2.45) is 0 Å². The van der Waals surface area contributed by atoms with E-state index in [2.05, 4.69) is 10.1 Å². The molecule has 2 N–H and O–H groups in total. The van der Waals surface area contributed by atoms with Gasteiger partial charge in [0.25, 0.3) is 11.8 Å². The lowest BCUT2D eigenvalue weighted by Crippen LogP contribution is -2.50. The molecular weight excluding hydrogens is 609 g/mol. The van der Waals surface area contributed by atoms with Gasteiger partial charge in [-0.15, -0.1) is 0 Å². The number of anilines is 2. The molecule has 0 atom stereocenters. The van der Waals surface area contributed by atoms with Crippen LogP contribution in [0, 0.1) is 11.6 Å². The first-order chi connectivity index (χ1) is 18.9. The molecule has 0 saturated heterocycles. The Balaban J connectivity index is 2.01. The number of alkyl halides is 9. The zero-order valence-electron chi connectivity index (χ0n) is 19.5. The van der Waals surface area contributed by atoms with Crippen molar-refractivity contribution in [2.75, 3.05) is 10.6 Å². The molecule has 0 aromatic heterocycles. The lowest BCUT2D eigenvalue weighted by atomic mass is 9.93. The van der Waals surface area contributed by atoms with E-state index < -0.39 is 87.4 Å². The molecule has 3 rings (SSSR count). The maximum absolute atomic E-state index is 15.0. The lowest BCUT2D eigenvalue weighted by molar-refractivity contribution is -0.348. The molecule has 0 bridgehead atoms. The van der Waals surface area contributed by atoms with E-state index in [1.807, 2.05) is 0 Å². The second-order valence-electron chi connectivity index (χ2n) is 7.95. The minimum absolute atomic E-state index is 0.122. The molecule has 0 unspecified atom stereocenters. The van der Waals surface area contributed by atoms with Crippen LogP contribution in [0.15, 0.2) is 54.6 Å². The maximum Gasteiger partial charge on any atom is 0.435 e. The van der Waals surface area contributed by atoms with Crippen molar-refractivity contribution in [3.63, 3.8) is 0 Å². The predicted octanol–water partition coefficient (Wildman–Crippen LogP) is 8.01. The molecule has 220 valence electrons. The summed E-state index contributed by atoms with van der Waals surface area (Å²) in [4.78, 5) is 25.0. The van der Waals surface area contributed by atoms with Crippen LogP contribution in [0.25, 0.3) is 0 Å². The second-order valence-corrected chi connectivity index (χ2v) is 8.35. The highest BCUT2D eigenvalue weighted by molar-refractivity contribution is 6.34. The van der Waals surface area contributed by atoms with Crippen LogP contribution >= 0.6 is 11.6 Å². The van der Waals surface area contributed by atoms with E-state index in [9.17, 15) is 53.5 Å². The zero-order valence-corrected chi connectivity index (χ0v) is 20.3. The standard InChI is InChI=1S/C24H12ClF11N2O3/c25-14-8-11(22(30,23(31,32)33)24(34,35)36)9-16(41-21(28)29)18(14)38-20(40)13-2-1-3-15(17(13)27)37-19(39)10-4-6-12(26)7-5-10/h1-9,21H,(H,37,39)(H,38,40). The van der Waals surface area contributed by atoms with Crippen molar-refractivity contribution < 1.29 is 62.6 Å². The van der Waals surface area contributed by atoms with Crippen molar-refractivity contribution in [3.8, 4) is 5.75 Å².